The summed E-state index contributed by atoms with van der Waals surface area (Å²) < 4.78 is 6.68. The molecule has 0 saturated heterocycles. The summed E-state index contributed by atoms with van der Waals surface area (Å²) in [7, 11) is 0. The number of fused-ring (bicyclic) bond motifs is 4. The highest BCUT2D eigenvalue weighted by atomic mass is 16.3. The lowest BCUT2D eigenvalue weighted by Gasteiger charge is -2.25. The van der Waals surface area contributed by atoms with Gasteiger partial charge in [0.2, 0.25) is 0 Å². The summed E-state index contributed by atoms with van der Waals surface area (Å²) in [6.07, 6.45) is 0. The van der Waals surface area contributed by atoms with Crippen LogP contribution in [0.5, 0.6) is 0 Å². The Morgan fingerprint density at radius 2 is 0.952 bits per heavy atom. The Morgan fingerprint density at radius 1 is 0.381 bits per heavy atom. The molecule has 2 heteroatoms. The zero-order valence-corrected chi connectivity index (χ0v) is 22.9. The van der Waals surface area contributed by atoms with Crippen molar-refractivity contribution in [3.63, 3.8) is 0 Å². The monoisotopic (exact) mass is 537 g/mol. The number of hydrogen-bond donors (Lipinski definition) is 0. The first-order chi connectivity index (χ1) is 20.8. The van der Waals surface area contributed by atoms with Gasteiger partial charge in [0, 0.05) is 33.4 Å². The summed E-state index contributed by atoms with van der Waals surface area (Å²) >= 11 is 0. The lowest BCUT2D eigenvalue weighted by Crippen LogP contribution is -2.09. The van der Waals surface area contributed by atoms with Gasteiger partial charge >= 0.3 is 0 Å². The highest BCUT2D eigenvalue weighted by Gasteiger charge is 2.17. The van der Waals surface area contributed by atoms with Gasteiger partial charge in [-0.1, -0.05) is 109 Å². The van der Waals surface area contributed by atoms with Crippen LogP contribution in [0.4, 0.5) is 17.1 Å². The van der Waals surface area contributed by atoms with E-state index >= 15 is 0 Å². The fourth-order valence-electron chi connectivity index (χ4n) is 6.05. The minimum atomic E-state index is 0.897. The first kappa shape index (κ1) is 24.2. The molecule has 7 aromatic carbocycles. The van der Waals surface area contributed by atoms with Crippen LogP contribution in [0.25, 0.3) is 55.0 Å². The summed E-state index contributed by atoms with van der Waals surface area (Å²) in [6.45, 7) is 0. The zero-order valence-electron chi connectivity index (χ0n) is 22.9. The average molecular weight is 538 g/mol. The molecule has 0 aliphatic carbocycles. The van der Waals surface area contributed by atoms with Crippen LogP contribution < -0.4 is 4.90 Å². The van der Waals surface area contributed by atoms with Crippen molar-refractivity contribution in [2.24, 2.45) is 0 Å². The van der Waals surface area contributed by atoms with Crippen molar-refractivity contribution in [3.05, 3.63) is 164 Å². The fraction of sp³-hybridized carbons (Fsp3) is 0. The SMILES string of the molecule is c1ccc(-c2c3ccccc3cc3c2oc2cc(-c4ccc(N(c5ccccc5)c5ccccc5)cc4)ccc23)cc1. The molecular weight excluding hydrogens is 510 g/mol. The van der Waals surface area contributed by atoms with Gasteiger partial charge in [-0.05, 0) is 82.1 Å². The quantitative estimate of drug-likeness (QED) is 0.217. The third kappa shape index (κ3) is 4.13. The maximum Gasteiger partial charge on any atom is 0.143 e. The molecule has 198 valence electrons. The van der Waals surface area contributed by atoms with Crippen molar-refractivity contribution in [2.45, 2.75) is 0 Å². The van der Waals surface area contributed by atoms with E-state index in [1.807, 2.05) is 0 Å². The van der Waals surface area contributed by atoms with Crippen LogP contribution in [-0.2, 0) is 0 Å². The Kier molecular flexibility index (Phi) is 5.82. The molecule has 0 saturated carbocycles. The average Bonchev–Trinajstić information content (AvgIpc) is 3.43. The molecule has 1 heterocycles. The molecule has 1 aromatic heterocycles. The standard InChI is InChI=1S/C40H27NO/c1-4-12-29(13-5-1)39-35-19-11-10-14-31(35)26-37-36-25-22-30(27-38(36)42-40(37)39)28-20-23-34(24-21-28)41(32-15-6-2-7-16-32)33-17-8-3-9-18-33/h1-27H. The molecule has 0 radical (unpaired) electrons. The van der Waals surface area contributed by atoms with E-state index in [4.69, 9.17) is 4.42 Å². The van der Waals surface area contributed by atoms with E-state index in [1.54, 1.807) is 0 Å². The van der Waals surface area contributed by atoms with Crippen LogP contribution in [0.3, 0.4) is 0 Å². The van der Waals surface area contributed by atoms with Gasteiger partial charge in [0.1, 0.15) is 11.2 Å². The van der Waals surface area contributed by atoms with E-state index in [1.165, 1.54) is 10.8 Å². The van der Waals surface area contributed by atoms with Gasteiger partial charge in [0.05, 0.1) is 0 Å². The molecule has 0 unspecified atom stereocenters. The predicted octanol–water partition coefficient (Wildman–Crippen LogP) is 11.5. The molecule has 42 heavy (non-hydrogen) atoms. The highest BCUT2D eigenvalue weighted by molar-refractivity contribution is 6.18. The molecule has 0 N–H and O–H groups in total. The van der Waals surface area contributed by atoms with Crippen LogP contribution in [-0.4, -0.2) is 0 Å². The molecule has 0 atom stereocenters. The van der Waals surface area contributed by atoms with E-state index in [0.29, 0.717) is 0 Å². The zero-order chi connectivity index (χ0) is 27.9. The highest BCUT2D eigenvalue weighted by Crippen LogP contribution is 2.42. The number of para-hydroxylation sites is 2. The lowest BCUT2D eigenvalue weighted by atomic mass is 9.95. The molecule has 0 spiro atoms. The number of hydrogen-bond acceptors (Lipinski definition) is 2. The van der Waals surface area contributed by atoms with E-state index < -0.39 is 0 Å². The largest absolute Gasteiger partial charge is 0.455 e. The van der Waals surface area contributed by atoms with Gasteiger partial charge in [0.25, 0.3) is 0 Å². The Bertz CT molecular complexity index is 2120. The van der Waals surface area contributed by atoms with Crippen LogP contribution in [0.2, 0.25) is 0 Å². The minimum Gasteiger partial charge on any atom is -0.455 e. The van der Waals surface area contributed by atoms with Crippen molar-refractivity contribution in [3.8, 4) is 22.3 Å². The van der Waals surface area contributed by atoms with Crippen LogP contribution in [0.15, 0.2) is 168 Å². The second-order valence-corrected chi connectivity index (χ2v) is 10.6. The first-order valence-corrected chi connectivity index (χ1v) is 14.3. The van der Waals surface area contributed by atoms with Gasteiger partial charge in [-0.3, -0.25) is 0 Å². The van der Waals surface area contributed by atoms with E-state index in [2.05, 4.69) is 169 Å². The fourth-order valence-corrected chi connectivity index (χ4v) is 6.05. The van der Waals surface area contributed by atoms with Crippen LogP contribution in [0, 0.1) is 0 Å². The number of anilines is 3. The van der Waals surface area contributed by atoms with Gasteiger partial charge in [-0.15, -0.1) is 0 Å². The maximum absolute atomic E-state index is 6.68. The number of rotatable bonds is 5. The van der Waals surface area contributed by atoms with Crippen molar-refractivity contribution >= 4 is 49.8 Å². The Morgan fingerprint density at radius 3 is 1.64 bits per heavy atom. The molecule has 8 aromatic rings. The number of furan rings is 1. The molecule has 0 amide bonds. The van der Waals surface area contributed by atoms with E-state index in [-0.39, 0.29) is 0 Å². The Labute approximate surface area is 244 Å². The van der Waals surface area contributed by atoms with Gasteiger partial charge in [0.15, 0.2) is 0 Å². The number of benzene rings is 7. The van der Waals surface area contributed by atoms with Gasteiger partial charge in [-0.2, -0.15) is 0 Å². The summed E-state index contributed by atoms with van der Waals surface area (Å²) in [5.41, 5.74) is 9.78. The summed E-state index contributed by atoms with van der Waals surface area (Å²) in [6, 6.07) is 57.7. The molecule has 2 nitrogen and oxygen atoms in total. The van der Waals surface area contributed by atoms with Crippen molar-refractivity contribution in [1.29, 1.82) is 0 Å². The third-order valence-corrected chi connectivity index (χ3v) is 8.04. The minimum absolute atomic E-state index is 0.897. The topological polar surface area (TPSA) is 16.4 Å². The lowest BCUT2D eigenvalue weighted by molar-refractivity contribution is 0.670. The van der Waals surface area contributed by atoms with Gasteiger partial charge < -0.3 is 9.32 Å². The maximum atomic E-state index is 6.68. The summed E-state index contributed by atoms with van der Waals surface area (Å²) in [5, 5.41) is 4.69. The number of nitrogens with zero attached hydrogens (tertiary/aromatic N) is 1. The third-order valence-electron chi connectivity index (χ3n) is 8.04. The van der Waals surface area contributed by atoms with Gasteiger partial charge in [-0.25, -0.2) is 0 Å². The molecule has 0 aliphatic rings. The molecule has 0 aliphatic heterocycles. The second kappa shape index (κ2) is 10.1. The van der Waals surface area contributed by atoms with Crippen molar-refractivity contribution in [1.82, 2.24) is 0 Å². The first-order valence-electron chi connectivity index (χ1n) is 14.3. The Hall–Kier alpha value is -5.60. The summed E-state index contributed by atoms with van der Waals surface area (Å²) in [5.74, 6) is 0. The second-order valence-electron chi connectivity index (χ2n) is 10.6. The van der Waals surface area contributed by atoms with E-state index in [9.17, 15) is 0 Å². The summed E-state index contributed by atoms with van der Waals surface area (Å²) in [4.78, 5) is 2.28. The molecule has 8 rings (SSSR count). The Balaban J connectivity index is 1.23. The van der Waals surface area contributed by atoms with Crippen molar-refractivity contribution < 1.29 is 4.42 Å². The molecule has 0 fully saturated rings. The molecule has 0 bridgehead atoms. The smallest absolute Gasteiger partial charge is 0.143 e. The predicted molar refractivity (Wildman–Crippen MR) is 177 cm³/mol. The van der Waals surface area contributed by atoms with Crippen LogP contribution >= 0.6 is 0 Å². The van der Waals surface area contributed by atoms with Crippen molar-refractivity contribution in [2.75, 3.05) is 4.90 Å². The van der Waals surface area contributed by atoms with E-state index in [0.717, 1.165) is 61.3 Å². The molecular formula is C40H27NO. The normalized spacial score (nSPS) is 11.3. The van der Waals surface area contributed by atoms with Crippen LogP contribution in [0.1, 0.15) is 0 Å².